The first-order valence-electron chi connectivity index (χ1n) is 19.9. The first-order valence-corrected chi connectivity index (χ1v) is 23.1. The zero-order valence-corrected chi connectivity index (χ0v) is 35.7. The molecule has 1 aliphatic rings. The van der Waals surface area contributed by atoms with E-state index in [1.807, 2.05) is 48.5 Å². The van der Waals surface area contributed by atoms with Gasteiger partial charge in [0.05, 0.1) is 30.1 Å². The van der Waals surface area contributed by atoms with Gasteiger partial charge in [-0.25, -0.2) is 4.79 Å². The van der Waals surface area contributed by atoms with Gasteiger partial charge in [0, 0.05) is 35.7 Å². The molecule has 0 aliphatic heterocycles. The average Bonchev–Trinajstić information content (AvgIpc) is 3.13. The van der Waals surface area contributed by atoms with Crippen molar-refractivity contribution in [2.75, 3.05) is 30.9 Å². The Labute approximate surface area is 330 Å². The summed E-state index contributed by atoms with van der Waals surface area (Å²) in [6, 6.07) is 20.1. The number of ether oxygens (including phenoxy) is 1. The monoisotopic (exact) mass is 777 g/mol. The molecule has 296 valence electrons. The molecule has 2 N–H and O–H groups in total. The Hall–Kier alpha value is -3.37. The molecule has 3 aromatic rings. The summed E-state index contributed by atoms with van der Waals surface area (Å²) in [6.45, 7) is 14.7. The van der Waals surface area contributed by atoms with Crippen LogP contribution in [-0.4, -0.2) is 63.1 Å². The van der Waals surface area contributed by atoms with E-state index < -0.39 is 14.4 Å². The number of carbonyl (C=O) groups excluding carboxylic acids is 1. The van der Waals surface area contributed by atoms with Gasteiger partial charge in [0.1, 0.15) is 5.75 Å². The Morgan fingerprint density at radius 1 is 0.944 bits per heavy atom. The minimum atomic E-state index is -1.98. The standard InChI is InChI=1S/C44H64ClN3O5Si/c1-9-10-11-15-27-47(5)35-22-24-36(25-23-35)48(43(50)51)40-28-32(21-26-37(40)33-18-13-12-14-19-33)17-16-20-42(49)46-39-30-41(52-6)34(29-38(39)45)31-53-54(7,8)44(2,3)4/h12-14,18-19,21,26,28-30,35-36H,9-11,15-17,20,22-25,27,31H2,1-8H3,(H,46,49)(H,50,51). The summed E-state index contributed by atoms with van der Waals surface area (Å²) in [5.74, 6) is 0.468. The van der Waals surface area contributed by atoms with Gasteiger partial charge in [-0.3, -0.25) is 9.69 Å². The number of amides is 2. The summed E-state index contributed by atoms with van der Waals surface area (Å²) >= 11 is 6.66. The van der Waals surface area contributed by atoms with Gasteiger partial charge in [0.25, 0.3) is 0 Å². The van der Waals surface area contributed by atoms with Gasteiger partial charge in [-0.05, 0) is 99.9 Å². The quantitative estimate of drug-likeness (QED) is 0.0987. The van der Waals surface area contributed by atoms with Gasteiger partial charge >= 0.3 is 6.09 Å². The summed E-state index contributed by atoms with van der Waals surface area (Å²) in [5.41, 5.74) is 4.93. The Balaban J connectivity index is 1.43. The molecule has 0 bridgehead atoms. The molecule has 10 heteroatoms. The third kappa shape index (κ3) is 11.8. The van der Waals surface area contributed by atoms with E-state index >= 15 is 0 Å². The van der Waals surface area contributed by atoms with E-state index in [0.29, 0.717) is 47.6 Å². The van der Waals surface area contributed by atoms with Crippen LogP contribution in [0.15, 0.2) is 60.7 Å². The molecule has 8 nitrogen and oxygen atoms in total. The maximum atomic E-state index is 13.2. The van der Waals surface area contributed by atoms with Gasteiger partial charge in [0.2, 0.25) is 5.91 Å². The first-order chi connectivity index (χ1) is 25.6. The highest BCUT2D eigenvalue weighted by atomic mass is 35.5. The molecule has 1 fully saturated rings. The number of methoxy groups -OCH3 is 1. The van der Waals surface area contributed by atoms with Gasteiger partial charge in [0.15, 0.2) is 8.32 Å². The van der Waals surface area contributed by atoms with Crippen molar-refractivity contribution in [1.82, 2.24) is 4.90 Å². The van der Waals surface area contributed by atoms with Crippen LogP contribution >= 0.6 is 11.6 Å². The number of aryl methyl sites for hydroxylation is 1. The number of hydrogen-bond acceptors (Lipinski definition) is 5. The molecule has 0 radical (unpaired) electrons. The van der Waals surface area contributed by atoms with Crippen LogP contribution in [-0.2, 0) is 22.2 Å². The smallest absolute Gasteiger partial charge is 0.412 e. The lowest BCUT2D eigenvalue weighted by Crippen LogP contribution is -2.45. The summed E-state index contributed by atoms with van der Waals surface area (Å²) in [4.78, 5) is 30.3. The Morgan fingerprint density at radius 2 is 1.63 bits per heavy atom. The number of halogens is 1. The number of benzene rings is 3. The number of carbonyl (C=O) groups is 2. The summed E-state index contributed by atoms with van der Waals surface area (Å²) < 4.78 is 12.1. The number of nitrogens with one attached hydrogen (secondary N) is 1. The molecule has 0 spiro atoms. The van der Waals surface area contributed by atoms with Crippen molar-refractivity contribution in [1.29, 1.82) is 0 Å². The number of hydrogen-bond donors (Lipinski definition) is 2. The van der Waals surface area contributed by atoms with Gasteiger partial charge in [-0.15, -0.1) is 0 Å². The lowest BCUT2D eigenvalue weighted by atomic mass is 9.88. The highest BCUT2D eigenvalue weighted by molar-refractivity contribution is 6.74. The number of nitrogens with zero attached hydrogens (tertiary/aromatic N) is 2. The molecule has 0 heterocycles. The van der Waals surface area contributed by atoms with Crippen molar-refractivity contribution >= 4 is 43.3 Å². The third-order valence-corrected chi connectivity index (χ3v) is 16.3. The summed E-state index contributed by atoms with van der Waals surface area (Å²) in [6.07, 6.45) is 9.17. The van der Waals surface area contributed by atoms with Crippen LogP contribution < -0.4 is 15.0 Å². The van der Waals surface area contributed by atoms with Crippen molar-refractivity contribution in [3.8, 4) is 16.9 Å². The van der Waals surface area contributed by atoms with E-state index in [-0.39, 0.29) is 23.4 Å². The zero-order chi connectivity index (χ0) is 39.5. The van der Waals surface area contributed by atoms with Crippen LogP contribution in [0, 0.1) is 0 Å². The third-order valence-electron chi connectivity index (χ3n) is 11.5. The summed E-state index contributed by atoms with van der Waals surface area (Å²) in [7, 11) is 1.84. The minimum absolute atomic E-state index is 0.0723. The number of unbranched alkanes of at least 4 members (excludes halogenated alkanes) is 3. The normalized spacial score (nSPS) is 16.3. The van der Waals surface area contributed by atoms with E-state index in [9.17, 15) is 14.7 Å². The van der Waals surface area contributed by atoms with Crippen LogP contribution in [0.3, 0.4) is 0 Å². The molecule has 4 rings (SSSR count). The minimum Gasteiger partial charge on any atom is -0.496 e. The number of carboxylic acid groups (broad SMARTS) is 1. The average molecular weight is 779 g/mol. The second kappa shape index (κ2) is 20.0. The second-order valence-corrected chi connectivity index (χ2v) is 21.7. The molecule has 3 aromatic carbocycles. The molecule has 0 unspecified atom stereocenters. The maximum absolute atomic E-state index is 13.2. The van der Waals surface area contributed by atoms with Gasteiger partial charge in [-0.2, -0.15) is 0 Å². The maximum Gasteiger partial charge on any atom is 0.412 e. The van der Waals surface area contributed by atoms with Crippen molar-refractivity contribution in [3.63, 3.8) is 0 Å². The fourth-order valence-corrected chi connectivity index (χ4v) is 8.29. The van der Waals surface area contributed by atoms with E-state index in [1.165, 1.54) is 25.7 Å². The zero-order valence-electron chi connectivity index (χ0n) is 34.0. The molecule has 2 amide bonds. The molecule has 1 saturated carbocycles. The number of anilines is 2. The lowest BCUT2D eigenvalue weighted by Gasteiger charge is -2.39. The van der Waals surface area contributed by atoms with Crippen LogP contribution in [0.2, 0.25) is 23.2 Å². The molecule has 0 aromatic heterocycles. The van der Waals surface area contributed by atoms with Crippen molar-refractivity contribution in [3.05, 3.63) is 76.8 Å². The first kappa shape index (κ1) is 43.4. The summed E-state index contributed by atoms with van der Waals surface area (Å²) in [5, 5.41) is 14.2. The van der Waals surface area contributed by atoms with E-state index in [1.54, 1.807) is 18.1 Å². The highest BCUT2D eigenvalue weighted by Gasteiger charge is 2.37. The Morgan fingerprint density at radius 3 is 2.26 bits per heavy atom. The molecular weight excluding hydrogens is 714 g/mol. The van der Waals surface area contributed by atoms with Gasteiger partial charge in [-0.1, -0.05) is 101 Å². The lowest BCUT2D eigenvalue weighted by molar-refractivity contribution is -0.116. The largest absolute Gasteiger partial charge is 0.496 e. The topological polar surface area (TPSA) is 91.3 Å². The predicted molar refractivity (Wildman–Crippen MR) is 227 cm³/mol. The number of rotatable bonds is 18. The molecule has 1 aliphatic carbocycles. The van der Waals surface area contributed by atoms with E-state index in [2.05, 4.69) is 64.1 Å². The van der Waals surface area contributed by atoms with Crippen LogP contribution in [0.1, 0.15) is 103 Å². The van der Waals surface area contributed by atoms with Gasteiger partial charge < -0.3 is 24.5 Å². The molecule has 0 atom stereocenters. The van der Waals surface area contributed by atoms with E-state index in [0.717, 1.165) is 54.5 Å². The Bertz CT molecular complexity index is 1670. The predicted octanol–water partition coefficient (Wildman–Crippen LogP) is 11.8. The van der Waals surface area contributed by atoms with Crippen molar-refractivity contribution in [2.45, 2.75) is 135 Å². The van der Waals surface area contributed by atoms with Crippen LogP contribution in [0.25, 0.3) is 11.1 Å². The fourth-order valence-electron chi connectivity index (χ4n) is 7.11. The Kier molecular flexibility index (Phi) is 16.0. The van der Waals surface area contributed by atoms with Crippen LogP contribution in [0.4, 0.5) is 16.2 Å². The van der Waals surface area contributed by atoms with Crippen molar-refractivity contribution < 1.29 is 23.9 Å². The molecule has 54 heavy (non-hydrogen) atoms. The molecular formula is C44H64ClN3O5Si. The van der Waals surface area contributed by atoms with E-state index in [4.69, 9.17) is 20.8 Å². The fraction of sp³-hybridized carbons (Fsp3) is 0.545. The molecule has 0 saturated heterocycles. The highest BCUT2D eigenvalue weighted by Crippen LogP contribution is 2.40. The van der Waals surface area contributed by atoms with Crippen LogP contribution in [0.5, 0.6) is 5.75 Å². The van der Waals surface area contributed by atoms with Crippen molar-refractivity contribution in [2.24, 2.45) is 0 Å². The second-order valence-electron chi connectivity index (χ2n) is 16.5. The SMILES string of the molecule is CCCCCCN(C)C1CCC(N(C(=O)O)c2cc(CCCC(=O)Nc3cc(OC)c(CO[Si](C)(C)C(C)(C)C)cc3Cl)ccc2-c2ccccc2)CC1.